The summed E-state index contributed by atoms with van der Waals surface area (Å²) in [6.07, 6.45) is 9.81. The fourth-order valence-electron chi connectivity index (χ4n) is 3.07. The van der Waals surface area contributed by atoms with Gasteiger partial charge in [-0.3, -0.25) is 0 Å². The van der Waals surface area contributed by atoms with Crippen LogP contribution in [0.4, 0.5) is 0 Å². The molecule has 17 heavy (non-hydrogen) atoms. The molecule has 2 heterocycles. The van der Waals surface area contributed by atoms with Crippen molar-refractivity contribution in [1.82, 2.24) is 19.7 Å². The van der Waals surface area contributed by atoms with Gasteiger partial charge in [0.2, 0.25) is 0 Å². The highest BCUT2D eigenvalue weighted by Gasteiger charge is 2.47. The van der Waals surface area contributed by atoms with Gasteiger partial charge in [-0.1, -0.05) is 11.8 Å². The van der Waals surface area contributed by atoms with E-state index in [0.29, 0.717) is 6.04 Å². The number of hydrogen-bond donors (Lipinski definition) is 0. The van der Waals surface area contributed by atoms with Crippen molar-refractivity contribution >= 4 is 22.8 Å². The predicted molar refractivity (Wildman–Crippen MR) is 67.0 cm³/mol. The van der Waals surface area contributed by atoms with Crippen molar-refractivity contribution in [1.29, 1.82) is 0 Å². The molecule has 0 saturated heterocycles. The van der Waals surface area contributed by atoms with Crippen molar-refractivity contribution in [2.75, 3.05) is 6.26 Å². The summed E-state index contributed by atoms with van der Waals surface area (Å²) in [6.45, 7) is 0. The van der Waals surface area contributed by atoms with Crippen molar-refractivity contribution in [3.05, 3.63) is 12.4 Å². The van der Waals surface area contributed by atoms with E-state index in [1.165, 1.54) is 19.3 Å². The molecule has 2 aliphatic carbocycles. The highest BCUT2D eigenvalue weighted by atomic mass is 32.2. The third-order valence-electron chi connectivity index (χ3n) is 4.06. The summed E-state index contributed by atoms with van der Waals surface area (Å²) < 4.78 is 2.13. The first-order valence-corrected chi connectivity index (χ1v) is 7.32. The zero-order valence-corrected chi connectivity index (χ0v) is 10.5. The summed E-state index contributed by atoms with van der Waals surface area (Å²) in [5.41, 5.74) is 1.01. The molecule has 0 radical (unpaired) electrons. The van der Waals surface area contributed by atoms with E-state index in [1.54, 1.807) is 11.8 Å². The molecule has 0 unspecified atom stereocenters. The molecule has 0 N–H and O–H groups in total. The van der Waals surface area contributed by atoms with E-state index in [4.69, 9.17) is 0 Å². The SMILES string of the molecule is CSc1ncc2cnn(C3C[C@H]4C[C@@H]4C3)c2n1. The Kier molecular flexibility index (Phi) is 2.00. The van der Waals surface area contributed by atoms with Gasteiger partial charge in [0, 0.05) is 6.20 Å². The maximum Gasteiger partial charge on any atom is 0.189 e. The van der Waals surface area contributed by atoms with Crippen LogP contribution in [0, 0.1) is 11.8 Å². The third-order valence-corrected chi connectivity index (χ3v) is 4.62. The molecular weight excluding hydrogens is 232 g/mol. The van der Waals surface area contributed by atoms with E-state index in [2.05, 4.69) is 19.7 Å². The second-order valence-electron chi connectivity index (χ2n) is 5.11. The Bertz CT molecular complexity index is 569. The molecule has 0 amide bonds. The normalized spacial score (nSPS) is 27.6. The first-order chi connectivity index (χ1) is 8.35. The smallest absolute Gasteiger partial charge is 0.189 e. The fourth-order valence-corrected chi connectivity index (χ4v) is 3.40. The second-order valence-corrected chi connectivity index (χ2v) is 5.88. The molecule has 0 bridgehead atoms. The lowest BCUT2D eigenvalue weighted by Gasteiger charge is -2.13. The second kappa shape index (κ2) is 3.45. The molecular formula is C12H14N4S. The summed E-state index contributed by atoms with van der Waals surface area (Å²) in [4.78, 5) is 8.88. The summed E-state index contributed by atoms with van der Waals surface area (Å²) in [7, 11) is 0. The number of thioether (sulfide) groups is 1. The van der Waals surface area contributed by atoms with Gasteiger partial charge in [0.1, 0.15) is 0 Å². The zero-order valence-electron chi connectivity index (χ0n) is 9.71. The molecule has 4 nitrogen and oxygen atoms in total. The Hall–Kier alpha value is -1.10. The number of aromatic nitrogens is 4. The van der Waals surface area contributed by atoms with Gasteiger partial charge in [-0.05, 0) is 37.4 Å². The third kappa shape index (κ3) is 1.48. The van der Waals surface area contributed by atoms with E-state index in [-0.39, 0.29) is 0 Å². The van der Waals surface area contributed by atoms with Gasteiger partial charge >= 0.3 is 0 Å². The minimum absolute atomic E-state index is 0.570. The van der Waals surface area contributed by atoms with Crippen molar-refractivity contribution in [3.63, 3.8) is 0 Å². The van der Waals surface area contributed by atoms with Gasteiger partial charge in [-0.15, -0.1) is 0 Å². The molecule has 5 heteroatoms. The average Bonchev–Trinajstić information content (AvgIpc) is 2.81. The van der Waals surface area contributed by atoms with Gasteiger partial charge in [0.15, 0.2) is 10.8 Å². The quantitative estimate of drug-likeness (QED) is 0.603. The van der Waals surface area contributed by atoms with Crippen LogP contribution in [-0.4, -0.2) is 26.0 Å². The Morgan fingerprint density at radius 1 is 1.24 bits per heavy atom. The molecule has 0 aliphatic heterocycles. The van der Waals surface area contributed by atoms with Gasteiger partial charge in [0.25, 0.3) is 0 Å². The number of fused-ring (bicyclic) bond motifs is 2. The molecule has 4 rings (SSSR count). The maximum absolute atomic E-state index is 4.59. The molecule has 88 valence electrons. The largest absolute Gasteiger partial charge is 0.244 e. The Morgan fingerprint density at radius 3 is 2.82 bits per heavy atom. The topological polar surface area (TPSA) is 43.6 Å². The van der Waals surface area contributed by atoms with E-state index in [1.807, 2.05) is 18.6 Å². The molecule has 0 aromatic carbocycles. The van der Waals surface area contributed by atoms with E-state index in [9.17, 15) is 0 Å². The zero-order chi connectivity index (χ0) is 11.4. The van der Waals surface area contributed by atoms with Gasteiger partial charge in [-0.25, -0.2) is 14.6 Å². The molecule has 2 aromatic heterocycles. The summed E-state index contributed by atoms with van der Waals surface area (Å²) in [6, 6.07) is 0.570. The lowest BCUT2D eigenvalue weighted by Crippen LogP contribution is -2.09. The van der Waals surface area contributed by atoms with Crippen LogP contribution in [0.3, 0.4) is 0 Å². The van der Waals surface area contributed by atoms with Crippen molar-refractivity contribution < 1.29 is 0 Å². The van der Waals surface area contributed by atoms with Crippen molar-refractivity contribution in [2.24, 2.45) is 11.8 Å². The van der Waals surface area contributed by atoms with E-state index in [0.717, 1.165) is 28.0 Å². The van der Waals surface area contributed by atoms with Crippen LogP contribution in [-0.2, 0) is 0 Å². The highest BCUT2D eigenvalue weighted by Crippen LogP contribution is 2.56. The van der Waals surface area contributed by atoms with E-state index < -0.39 is 0 Å². The minimum atomic E-state index is 0.570. The first-order valence-electron chi connectivity index (χ1n) is 6.09. The lowest BCUT2D eigenvalue weighted by atomic mass is 10.2. The van der Waals surface area contributed by atoms with Crippen LogP contribution in [0.2, 0.25) is 0 Å². The van der Waals surface area contributed by atoms with E-state index >= 15 is 0 Å². The summed E-state index contributed by atoms with van der Waals surface area (Å²) in [5.74, 6) is 1.95. The number of hydrogen-bond acceptors (Lipinski definition) is 4. The summed E-state index contributed by atoms with van der Waals surface area (Å²) >= 11 is 1.58. The summed E-state index contributed by atoms with van der Waals surface area (Å²) in [5, 5.41) is 6.41. The predicted octanol–water partition coefficient (Wildman–Crippen LogP) is 2.52. The van der Waals surface area contributed by atoms with Crippen LogP contribution in [0.1, 0.15) is 25.3 Å². The first kappa shape index (κ1) is 9.88. The Labute approximate surface area is 104 Å². The van der Waals surface area contributed by atoms with Crippen LogP contribution in [0.5, 0.6) is 0 Å². The molecule has 2 fully saturated rings. The number of rotatable bonds is 2. The van der Waals surface area contributed by atoms with Crippen LogP contribution in [0.25, 0.3) is 11.0 Å². The van der Waals surface area contributed by atoms with Crippen LogP contribution >= 0.6 is 11.8 Å². The Balaban J connectivity index is 1.78. The van der Waals surface area contributed by atoms with Crippen molar-refractivity contribution in [3.8, 4) is 0 Å². The average molecular weight is 246 g/mol. The monoisotopic (exact) mass is 246 g/mol. The van der Waals surface area contributed by atoms with Crippen LogP contribution in [0.15, 0.2) is 17.6 Å². The molecule has 2 saturated carbocycles. The molecule has 0 spiro atoms. The number of nitrogens with zero attached hydrogens (tertiary/aromatic N) is 4. The molecule has 2 atom stereocenters. The standard InChI is InChI=1S/C12H14N4S/c1-17-12-13-5-9-6-14-16(11(9)15-12)10-3-7-2-8(7)4-10/h5-8,10H,2-4H2,1H3/t7-,8-/m1/s1. The van der Waals surface area contributed by atoms with Gasteiger partial charge in [0.05, 0.1) is 17.6 Å². The lowest BCUT2D eigenvalue weighted by molar-refractivity contribution is 0.435. The highest BCUT2D eigenvalue weighted by molar-refractivity contribution is 7.98. The molecule has 2 aliphatic rings. The maximum atomic E-state index is 4.59. The fraction of sp³-hybridized carbons (Fsp3) is 0.583. The van der Waals surface area contributed by atoms with Crippen molar-refractivity contribution in [2.45, 2.75) is 30.5 Å². The molecule has 2 aromatic rings. The Morgan fingerprint density at radius 2 is 2.06 bits per heavy atom. The van der Waals surface area contributed by atoms with Gasteiger partial charge < -0.3 is 0 Å². The van der Waals surface area contributed by atoms with Crippen LogP contribution < -0.4 is 0 Å². The minimum Gasteiger partial charge on any atom is -0.244 e. The van der Waals surface area contributed by atoms with Gasteiger partial charge in [-0.2, -0.15) is 5.10 Å².